The van der Waals surface area contributed by atoms with Gasteiger partial charge in [0, 0.05) is 17.5 Å². The zero-order valence-electron chi connectivity index (χ0n) is 11.4. The van der Waals surface area contributed by atoms with Gasteiger partial charge in [0.25, 0.3) is 10.0 Å². The van der Waals surface area contributed by atoms with Gasteiger partial charge in [-0.05, 0) is 30.2 Å². The summed E-state index contributed by atoms with van der Waals surface area (Å²) in [5, 5.41) is 9.32. The van der Waals surface area contributed by atoms with Crippen LogP contribution in [0.15, 0.2) is 23.4 Å². The van der Waals surface area contributed by atoms with Crippen molar-refractivity contribution in [2.45, 2.75) is 49.1 Å². The molecule has 1 aromatic heterocycles. The number of hydrogen-bond acceptors (Lipinski definition) is 5. The fraction of sp³-hybridized carbons (Fsp3) is 0.615. The van der Waals surface area contributed by atoms with Crippen LogP contribution in [0.2, 0.25) is 0 Å². The Balaban J connectivity index is 2.09. The number of hydrogen-bond donors (Lipinski definition) is 2. The minimum atomic E-state index is -3.58. The molecule has 0 amide bonds. The number of nitrogens with zero attached hydrogens (tertiary/aromatic N) is 1. The Morgan fingerprint density at radius 3 is 2.85 bits per heavy atom. The third-order valence-electron chi connectivity index (χ3n) is 3.40. The highest BCUT2D eigenvalue weighted by molar-refractivity contribution is 8.00. The molecule has 1 aliphatic carbocycles. The summed E-state index contributed by atoms with van der Waals surface area (Å²) in [7, 11) is -3.58. The van der Waals surface area contributed by atoms with Crippen molar-refractivity contribution in [3.63, 3.8) is 0 Å². The van der Waals surface area contributed by atoms with Gasteiger partial charge in [-0.1, -0.05) is 19.4 Å². The number of aliphatic hydroxyl groups excluding tert-OH is 1. The van der Waals surface area contributed by atoms with Crippen molar-refractivity contribution in [2.75, 3.05) is 5.75 Å². The molecule has 112 valence electrons. The molecule has 0 aromatic carbocycles. The summed E-state index contributed by atoms with van der Waals surface area (Å²) in [5.41, 5.74) is 0.601. The van der Waals surface area contributed by atoms with Crippen molar-refractivity contribution in [2.24, 2.45) is 0 Å². The molecule has 1 aromatic rings. The molecule has 0 saturated heterocycles. The van der Waals surface area contributed by atoms with Crippen molar-refractivity contribution in [3.05, 3.63) is 23.9 Å². The second kappa shape index (κ2) is 6.89. The summed E-state index contributed by atoms with van der Waals surface area (Å²) < 4.78 is 27.4. The van der Waals surface area contributed by atoms with E-state index in [1.807, 2.05) is 11.8 Å². The minimum Gasteiger partial charge on any atom is -0.392 e. The first-order valence-corrected chi connectivity index (χ1v) is 9.29. The average molecular weight is 316 g/mol. The standard InChI is InChI=1S/C13H20N2O3S2/c1-2-19-12-5-3-4-11(12)15-20(17,18)13-7-6-10(9-16)8-14-13/h6-8,11-12,15-16H,2-5,9H2,1H3. The molecule has 2 N–H and O–H groups in total. The number of aromatic nitrogens is 1. The average Bonchev–Trinajstić information content (AvgIpc) is 2.86. The Bertz CT molecular complexity index is 531. The summed E-state index contributed by atoms with van der Waals surface area (Å²) in [6.07, 6.45) is 4.39. The first kappa shape index (κ1) is 15.8. The maximum absolute atomic E-state index is 12.3. The molecule has 1 aliphatic rings. The summed E-state index contributed by atoms with van der Waals surface area (Å²) in [4.78, 5) is 3.92. The summed E-state index contributed by atoms with van der Waals surface area (Å²) in [6.45, 7) is 1.95. The Kier molecular flexibility index (Phi) is 5.42. The minimum absolute atomic E-state index is 0.00994. The van der Waals surface area contributed by atoms with Crippen LogP contribution in [0.1, 0.15) is 31.7 Å². The van der Waals surface area contributed by atoms with Gasteiger partial charge in [-0.3, -0.25) is 0 Å². The third-order valence-corrected chi connectivity index (χ3v) is 6.13. The van der Waals surface area contributed by atoms with Crippen molar-refractivity contribution in [1.82, 2.24) is 9.71 Å². The fourth-order valence-corrected chi connectivity index (χ4v) is 4.92. The lowest BCUT2D eigenvalue weighted by Gasteiger charge is -2.19. The molecule has 2 atom stereocenters. The smallest absolute Gasteiger partial charge is 0.258 e. The van der Waals surface area contributed by atoms with E-state index >= 15 is 0 Å². The largest absolute Gasteiger partial charge is 0.392 e. The van der Waals surface area contributed by atoms with Crippen molar-refractivity contribution < 1.29 is 13.5 Å². The van der Waals surface area contributed by atoms with Gasteiger partial charge >= 0.3 is 0 Å². The molecule has 0 bridgehead atoms. The van der Waals surface area contributed by atoms with Crippen LogP contribution in [0.4, 0.5) is 0 Å². The van der Waals surface area contributed by atoms with Crippen molar-refractivity contribution in [1.29, 1.82) is 0 Å². The summed E-state index contributed by atoms with van der Waals surface area (Å²) in [6, 6.07) is 3.00. The maximum Gasteiger partial charge on any atom is 0.258 e. The van der Waals surface area contributed by atoms with Crippen LogP contribution in [0, 0.1) is 0 Å². The molecule has 1 heterocycles. The fourth-order valence-electron chi connectivity index (χ4n) is 2.40. The van der Waals surface area contributed by atoms with E-state index in [1.54, 1.807) is 6.07 Å². The molecule has 2 unspecified atom stereocenters. The van der Waals surface area contributed by atoms with E-state index < -0.39 is 10.0 Å². The molecule has 0 radical (unpaired) electrons. The number of sulfonamides is 1. The van der Waals surface area contributed by atoms with Gasteiger partial charge in [0.15, 0.2) is 5.03 Å². The van der Waals surface area contributed by atoms with E-state index in [1.165, 1.54) is 12.3 Å². The molecule has 1 fully saturated rings. The molecular formula is C13H20N2O3S2. The van der Waals surface area contributed by atoms with Crippen LogP contribution in [-0.4, -0.2) is 35.6 Å². The molecule has 5 nitrogen and oxygen atoms in total. The molecule has 20 heavy (non-hydrogen) atoms. The highest BCUT2D eigenvalue weighted by Gasteiger charge is 2.31. The van der Waals surface area contributed by atoms with Crippen LogP contribution in [-0.2, 0) is 16.6 Å². The normalized spacial score (nSPS) is 23.1. The van der Waals surface area contributed by atoms with E-state index in [0.29, 0.717) is 10.8 Å². The van der Waals surface area contributed by atoms with Gasteiger partial charge in [-0.15, -0.1) is 0 Å². The second-order valence-electron chi connectivity index (χ2n) is 4.82. The maximum atomic E-state index is 12.3. The Hall–Kier alpha value is -0.630. The molecule has 0 aliphatic heterocycles. The molecule has 7 heteroatoms. The van der Waals surface area contributed by atoms with E-state index in [9.17, 15) is 8.42 Å². The lowest BCUT2D eigenvalue weighted by molar-refractivity contribution is 0.281. The first-order chi connectivity index (χ1) is 9.56. The highest BCUT2D eigenvalue weighted by atomic mass is 32.2. The lowest BCUT2D eigenvalue weighted by atomic mass is 10.3. The molecule has 2 rings (SSSR count). The van der Waals surface area contributed by atoms with Crippen LogP contribution in [0.5, 0.6) is 0 Å². The van der Waals surface area contributed by atoms with Gasteiger partial charge in [0.05, 0.1) is 6.61 Å². The molecule has 0 spiro atoms. The quantitative estimate of drug-likeness (QED) is 0.832. The SMILES string of the molecule is CCSC1CCCC1NS(=O)(=O)c1ccc(CO)cn1. The zero-order valence-corrected chi connectivity index (χ0v) is 13.1. The van der Waals surface area contributed by atoms with E-state index in [4.69, 9.17) is 5.11 Å². The van der Waals surface area contributed by atoms with E-state index in [0.717, 1.165) is 25.0 Å². The number of nitrogens with one attached hydrogen (secondary N) is 1. The summed E-state index contributed by atoms with van der Waals surface area (Å²) in [5.74, 6) is 0.992. The zero-order chi connectivity index (χ0) is 14.6. The number of aliphatic hydroxyl groups is 1. The van der Waals surface area contributed by atoms with Gasteiger partial charge in [-0.2, -0.15) is 11.8 Å². The predicted octanol–water partition coefficient (Wildman–Crippen LogP) is 1.53. The topological polar surface area (TPSA) is 79.3 Å². The van der Waals surface area contributed by atoms with Crippen molar-refractivity contribution >= 4 is 21.8 Å². The van der Waals surface area contributed by atoms with Crippen LogP contribution >= 0.6 is 11.8 Å². The Morgan fingerprint density at radius 2 is 2.25 bits per heavy atom. The number of thioether (sulfide) groups is 1. The Labute approximate surface area is 124 Å². The van der Waals surface area contributed by atoms with E-state index in [2.05, 4.69) is 16.6 Å². The lowest BCUT2D eigenvalue weighted by Crippen LogP contribution is -2.39. The van der Waals surface area contributed by atoms with Crippen molar-refractivity contribution in [3.8, 4) is 0 Å². The third kappa shape index (κ3) is 3.72. The molecular weight excluding hydrogens is 296 g/mol. The van der Waals surface area contributed by atoms with Gasteiger partial charge in [-0.25, -0.2) is 18.1 Å². The van der Waals surface area contributed by atoms with Crippen LogP contribution in [0.25, 0.3) is 0 Å². The first-order valence-electron chi connectivity index (χ1n) is 6.76. The van der Waals surface area contributed by atoms with Gasteiger partial charge in [0.1, 0.15) is 0 Å². The number of rotatable bonds is 6. The second-order valence-corrected chi connectivity index (χ2v) is 7.99. The van der Waals surface area contributed by atoms with E-state index in [-0.39, 0.29) is 17.7 Å². The predicted molar refractivity (Wildman–Crippen MR) is 80.0 cm³/mol. The van der Waals surface area contributed by atoms with Crippen LogP contribution < -0.4 is 4.72 Å². The van der Waals surface area contributed by atoms with Gasteiger partial charge < -0.3 is 5.11 Å². The van der Waals surface area contributed by atoms with Gasteiger partial charge in [0.2, 0.25) is 0 Å². The monoisotopic (exact) mass is 316 g/mol. The Morgan fingerprint density at radius 1 is 1.45 bits per heavy atom. The molecule has 1 saturated carbocycles. The van der Waals surface area contributed by atoms with Crippen LogP contribution in [0.3, 0.4) is 0 Å². The summed E-state index contributed by atoms with van der Waals surface area (Å²) >= 11 is 1.81. The highest BCUT2D eigenvalue weighted by Crippen LogP contribution is 2.30. The number of pyridine rings is 1.